The molecular formula is C18H17BrN4O3. The molecule has 1 aromatic carbocycles. The highest BCUT2D eigenvalue weighted by Crippen LogP contribution is 2.23. The minimum atomic E-state index is -0.278. The van der Waals surface area contributed by atoms with Crippen LogP contribution < -0.4 is 10.9 Å². The van der Waals surface area contributed by atoms with E-state index in [-0.39, 0.29) is 29.9 Å². The van der Waals surface area contributed by atoms with Crippen molar-refractivity contribution in [3.05, 3.63) is 57.4 Å². The number of rotatable bonds is 5. The second kappa shape index (κ2) is 7.65. The monoisotopic (exact) mass is 416 g/mol. The molecule has 1 N–H and O–H groups in total. The van der Waals surface area contributed by atoms with Gasteiger partial charge in [-0.05, 0) is 32.0 Å². The summed E-state index contributed by atoms with van der Waals surface area (Å²) in [7, 11) is 0. The molecule has 0 atom stereocenters. The summed E-state index contributed by atoms with van der Waals surface area (Å²) in [6.45, 7) is 3.65. The molecule has 3 aromatic rings. The average Bonchev–Trinajstić information content (AvgIpc) is 3.06. The maximum absolute atomic E-state index is 12.0. The SMILES string of the molecule is CC(C)NC(=O)Cn1cc(-c2nc(-c3cccc(Br)c3)no2)ccc1=O. The zero-order chi connectivity index (χ0) is 18.7. The number of carbonyl (C=O) groups is 1. The van der Waals surface area contributed by atoms with Crippen LogP contribution in [0.4, 0.5) is 0 Å². The van der Waals surface area contributed by atoms with E-state index in [0.29, 0.717) is 11.4 Å². The van der Waals surface area contributed by atoms with Crippen molar-refractivity contribution in [2.75, 3.05) is 0 Å². The molecular weight excluding hydrogens is 400 g/mol. The van der Waals surface area contributed by atoms with Crippen LogP contribution in [0.25, 0.3) is 22.8 Å². The molecule has 2 heterocycles. The van der Waals surface area contributed by atoms with E-state index in [1.165, 1.54) is 10.6 Å². The molecule has 0 aliphatic heterocycles. The third-order valence-electron chi connectivity index (χ3n) is 3.50. The van der Waals surface area contributed by atoms with Crippen LogP contribution in [0.1, 0.15) is 13.8 Å². The van der Waals surface area contributed by atoms with E-state index in [2.05, 4.69) is 31.4 Å². The number of benzene rings is 1. The van der Waals surface area contributed by atoms with E-state index >= 15 is 0 Å². The van der Waals surface area contributed by atoms with Gasteiger partial charge in [0.1, 0.15) is 6.54 Å². The molecule has 0 radical (unpaired) electrons. The maximum atomic E-state index is 12.0. The van der Waals surface area contributed by atoms with Gasteiger partial charge < -0.3 is 14.4 Å². The van der Waals surface area contributed by atoms with Crippen LogP contribution in [0.2, 0.25) is 0 Å². The Labute approximate surface area is 158 Å². The van der Waals surface area contributed by atoms with Crippen molar-refractivity contribution in [3.63, 3.8) is 0 Å². The zero-order valence-electron chi connectivity index (χ0n) is 14.3. The maximum Gasteiger partial charge on any atom is 0.259 e. The summed E-state index contributed by atoms with van der Waals surface area (Å²) >= 11 is 3.41. The Morgan fingerprint density at radius 1 is 1.27 bits per heavy atom. The lowest BCUT2D eigenvalue weighted by molar-refractivity contribution is -0.122. The average molecular weight is 417 g/mol. The minimum Gasteiger partial charge on any atom is -0.352 e. The highest BCUT2D eigenvalue weighted by atomic mass is 79.9. The predicted octanol–water partition coefficient (Wildman–Crippen LogP) is 2.85. The summed E-state index contributed by atoms with van der Waals surface area (Å²) in [5, 5.41) is 6.74. The van der Waals surface area contributed by atoms with Gasteiger partial charge in [-0.1, -0.05) is 33.2 Å². The number of hydrogen-bond acceptors (Lipinski definition) is 5. The molecule has 7 nitrogen and oxygen atoms in total. The molecule has 1 amide bonds. The highest BCUT2D eigenvalue weighted by molar-refractivity contribution is 9.10. The molecule has 8 heteroatoms. The Morgan fingerprint density at radius 2 is 2.08 bits per heavy atom. The Kier molecular flexibility index (Phi) is 5.32. The first kappa shape index (κ1) is 18.1. The van der Waals surface area contributed by atoms with Gasteiger partial charge in [0.05, 0.1) is 5.56 Å². The first-order valence-corrected chi connectivity index (χ1v) is 8.81. The number of halogens is 1. The van der Waals surface area contributed by atoms with E-state index in [9.17, 15) is 9.59 Å². The van der Waals surface area contributed by atoms with Crippen LogP contribution in [0.5, 0.6) is 0 Å². The Bertz CT molecular complexity index is 994. The number of carbonyl (C=O) groups excluding carboxylic acids is 1. The summed E-state index contributed by atoms with van der Waals surface area (Å²) in [4.78, 5) is 28.3. The van der Waals surface area contributed by atoms with Gasteiger partial charge in [-0.15, -0.1) is 0 Å². The molecule has 0 unspecified atom stereocenters. The van der Waals surface area contributed by atoms with Gasteiger partial charge in [0.25, 0.3) is 11.4 Å². The van der Waals surface area contributed by atoms with Crippen molar-refractivity contribution < 1.29 is 9.32 Å². The molecule has 2 aromatic heterocycles. The van der Waals surface area contributed by atoms with E-state index in [1.54, 1.807) is 12.3 Å². The van der Waals surface area contributed by atoms with Crippen molar-refractivity contribution in [1.82, 2.24) is 20.0 Å². The van der Waals surface area contributed by atoms with Crippen LogP contribution in [-0.2, 0) is 11.3 Å². The first-order valence-electron chi connectivity index (χ1n) is 8.02. The Hall–Kier alpha value is -2.74. The van der Waals surface area contributed by atoms with Crippen LogP contribution in [0, 0.1) is 0 Å². The van der Waals surface area contributed by atoms with Gasteiger partial charge >= 0.3 is 0 Å². The van der Waals surface area contributed by atoms with E-state index in [0.717, 1.165) is 10.0 Å². The largest absolute Gasteiger partial charge is 0.352 e. The second-order valence-electron chi connectivity index (χ2n) is 6.04. The number of aromatic nitrogens is 3. The fraction of sp³-hybridized carbons (Fsp3) is 0.222. The van der Waals surface area contributed by atoms with Crippen molar-refractivity contribution >= 4 is 21.8 Å². The van der Waals surface area contributed by atoms with Crippen molar-refractivity contribution in [3.8, 4) is 22.8 Å². The number of pyridine rings is 1. The summed E-state index contributed by atoms with van der Waals surface area (Å²) in [6, 6.07) is 10.5. The molecule has 0 saturated carbocycles. The fourth-order valence-electron chi connectivity index (χ4n) is 2.39. The molecule has 0 aliphatic rings. The minimum absolute atomic E-state index is 0.00470. The van der Waals surface area contributed by atoms with Gasteiger partial charge in [0.2, 0.25) is 11.7 Å². The molecule has 0 fully saturated rings. The summed E-state index contributed by atoms with van der Waals surface area (Å²) < 4.78 is 7.54. The van der Waals surface area contributed by atoms with Crippen LogP contribution in [0.15, 0.2) is 56.4 Å². The molecule has 0 aliphatic carbocycles. The Morgan fingerprint density at radius 3 is 2.81 bits per heavy atom. The zero-order valence-corrected chi connectivity index (χ0v) is 15.9. The summed E-state index contributed by atoms with van der Waals surface area (Å²) in [6.07, 6.45) is 1.54. The van der Waals surface area contributed by atoms with Gasteiger partial charge in [0.15, 0.2) is 0 Å². The standard InChI is InChI=1S/C18H17BrN4O3/c1-11(2)20-15(24)10-23-9-13(6-7-16(23)25)18-21-17(22-26-18)12-4-3-5-14(19)8-12/h3-9,11H,10H2,1-2H3,(H,20,24). The molecule has 0 bridgehead atoms. The molecule has 0 spiro atoms. The fourth-order valence-corrected chi connectivity index (χ4v) is 2.79. The highest BCUT2D eigenvalue weighted by Gasteiger charge is 2.13. The topological polar surface area (TPSA) is 90.0 Å². The molecule has 26 heavy (non-hydrogen) atoms. The lowest BCUT2D eigenvalue weighted by atomic mass is 10.2. The predicted molar refractivity (Wildman–Crippen MR) is 100 cm³/mol. The van der Waals surface area contributed by atoms with Crippen molar-refractivity contribution in [2.45, 2.75) is 26.4 Å². The van der Waals surface area contributed by atoms with Gasteiger partial charge in [-0.2, -0.15) is 4.98 Å². The number of hydrogen-bond donors (Lipinski definition) is 1. The van der Waals surface area contributed by atoms with Crippen molar-refractivity contribution in [2.24, 2.45) is 0 Å². The van der Waals surface area contributed by atoms with Gasteiger partial charge in [-0.25, -0.2) is 0 Å². The quantitative estimate of drug-likeness (QED) is 0.690. The second-order valence-corrected chi connectivity index (χ2v) is 6.96. The lowest BCUT2D eigenvalue weighted by Gasteiger charge is -2.10. The van der Waals surface area contributed by atoms with Crippen molar-refractivity contribution in [1.29, 1.82) is 0 Å². The van der Waals surface area contributed by atoms with Crippen LogP contribution in [-0.4, -0.2) is 26.7 Å². The van der Waals surface area contributed by atoms with E-state index in [1.807, 2.05) is 38.1 Å². The normalized spacial score (nSPS) is 10.9. The van der Waals surface area contributed by atoms with Gasteiger partial charge in [-0.3, -0.25) is 9.59 Å². The smallest absolute Gasteiger partial charge is 0.259 e. The summed E-state index contributed by atoms with van der Waals surface area (Å²) in [5.74, 6) is 0.481. The summed E-state index contributed by atoms with van der Waals surface area (Å²) in [5.41, 5.74) is 1.09. The first-order chi connectivity index (χ1) is 12.4. The van der Waals surface area contributed by atoms with E-state index in [4.69, 9.17) is 4.52 Å². The lowest BCUT2D eigenvalue weighted by Crippen LogP contribution is -2.35. The third kappa shape index (κ3) is 4.26. The third-order valence-corrected chi connectivity index (χ3v) is 4.00. The van der Waals surface area contributed by atoms with Crippen LogP contribution >= 0.6 is 15.9 Å². The van der Waals surface area contributed by atoms with E-state index < -0.39 is 0 Å². The van der Waals surface area contributed by atoms with Gasteiger partial charge in [0, 0.05) is 28.3 Å². The Balaban J connectivity index is 1.87. The molecule has 0 saturated heterocycles. The molecule has 134 valence electrons. The number of nitrogens with zero attached hydrogens (tertiary/aromatic N) is 3. The van der Waals surface area contributed by atoms with Crippen LogP contribution in [0.3, 0.4) is 0 Å². The number of amides is 1. The number of nitrogens with one attached hydrogen (secondary N) is 1. The molecule has 3 rings (SSSR count).